The zero-order valence-electron chi connectivity index (χ0n) is 43.8. The minimum absolute atomic E-state index is 0. The van der Waals surface area contributed by atoms with Gasteiger partial charge in [0.25, 0.3) is 11.9 Å². The summed E-state index contributed by atoms with van der Waals surface area (Å²) in [5.74, 6) is -1.07. The summed E-state index contributed by atoms with van der Waals surface area (Å²) in [6.45, 7) is 17.3. The SMILES string of the molecule is CC(=O)O.CC(=O)O.CCCOCCOCCOc1cc2ncc3nc(cc4[n-]c(cc5nc(cnc2cc1OCCOCCOCCOC)C(C)=C5CCC(=O)OC)c(CC)c4CC)C(CCCO)=C3C.[Gd]. The van der Waals surface area contributed by atoms with Crippen molar-refractivity contribution in [3.8, 4) is 11.5 Å². The molecule has 0 saturated carbocycles. The summed E-state index contributed by atoms with van der Waals surface area (Å²) < 4.78 is 45.3. The van der Waals surface area contributed by atoms with E-state index in [1.165, 1.54) is 7.11 Å². The normalized spacial score (nSPS) is 11.7. The van der Waals surface area contributed by atoms with Gasteiger partial charge in [-0.2, -0.15) is 0 Å². The maximum Gasteiger partial charge on any atom is 0.305 e. The summed E-state index contributed by atoms with van der Waals surface area (Å²) in [6.07, 6.45) is 7.81. The van der Waals surface area contributed by atoms with Crippen LogP contribution in [-0.4, -0.2) is 147 Å². The van der Waals surface area contributed by atoms with Gasteiger partial charge in [-0.15, -0.1) is 11.0 Å². The first-order valence-corrected chi connectivity index (χ1v) is 24.3. The van der Waals surface area contributed by atoms with Crippen LogP contribution in [0.5, 0.6) is 11.5 Å². The zero-order valence-corrected chi connectivity index (χ0v) is 46.1. The standard InChI is InChI=1S/C49H66N5O10.2C2H4O2.Gd/c1-8-16-59-19-20-61-23-25-63-47-29-43-44(30-48(47)64-26-24-62-22-21-60-18-17-57-6)51-32-46-34(5)38(13-14-49(56)58-7)42(54-46)28-40-36(10-3)35(9-2)39(52-40)27-41-37(12-11-15-55)33(4)45(53-41)31-50-43;2*1-2(3)4;/h27-32,55H,8-26H2,1-7H3;2*1H3,(H,3,4);/q-1;;;. The maximum absolute atomic E-state index is 12.4. The quantitative estimate of drug-likeness (QED) is 0.0487. The number of rotatable bonds is 27. The Morgan fingerprint density at radius 3 is 1.40 bits per heavy atom. The molecule has 0 fully saturated rings. The second kappa shape index (κ2) is 36.2. The monoisotopic (exact) mass is 1160 g/mol. The van der Waals surface area contributed by atoms with Gasteiger partial charge < -0.3 is 58.2 Å². The fraction of sp³-hybridized carbons (Fsp3) is 0.528. The summed E-state index contributed by atoms with van der Waals surface area (Å²) in [5.41, 5.74) is 11.6. The van der Waals surface area contributed by atoms with Crippen molar-refractivity contribution in [2.45, 2.75) is 93.4 Å². The van der Waals surface area contributed by atoms with Gasteiger partial charge in [0.1, 0.15) is 13.2 Å². The van der Waals surface area contributed by atoms with Crippen molar-refractivity contribution < 1.29 is 108 Å². The Kier molecular flexibility index (Phi) is 31.9. The third-order valence-corrected chi connectivity index (χ3v) is 10.8. The summed E-state index contributed by atoms with van der Waals surface area (Å²) in [4.78, 5) is 55.8. The van der Waals surface area contributed by atoms with E-state index in [1.807, 2.05) is 19.9 Å². The van der Waals surface area contributed by atoms with E-state index in [1.54, 1.807) is 31.6 Å². The number of carboxylic acid groups (broad SMARTS) is 2. The van der Waals surface area contributed by atoms with Gasteiger partial charge in [0, 0.05) is 92.7 Å². The number of carboxylic acids is 2. The molecule has 1 aromatic carbocycles. The number of carbonyl (C=O) groups excluding carboxylic acids is 1. The number of aliphatic carboxylic acids is 2. The number of benzene rings is 1. The molecule has 2 aliphatic heterocycles. The Morgan fingerprint density at radius 1 is 0.589 bits per heavy atom. The number of esters is 1. The minimum atomic E-state index is -0.833. The smallest absolute Gasteiger partial charge is 0.305 e. The third kappa shape index (κ3) is 22.3. The van der Waals surface area contributed by atoms with Gasteiger partial charge in [-0.25, -0.2) is 9.97 Å². The van der Waals surface area contributed by atoms with E-state index < -0.39 is 11.9 Å². The zero-order chi connectivity index (χ0) is 52.8. The van der Waals surface area contributed by atoms with Crippen LogP contribution in [0, 0.1) is 39.9 Å². The molecular weight excluding hydrogens is 1090 g/mol. The molecule has 2 aliphatic rings. The van der Waals surface area contributed by atoms with Crippen molar-refractivity contribution in [1.82, 2.24) is 24.9 Å². The van der Waals surface area contributed by atoms with Crippen LogP contribution in [0.3, 0.4) is 0 Å². The number of allylic oxidation sites excluding steroid dienone is 4. The Balaban J connectivity index is 0.00000189. The summed E-state index contributed by atoms with van der Waals surface area (Å²) >= 11 is 0. The summed E-state index contributed by atoms with van der Waals surface area (Å²) in [7, 11) is 3.03. The molecule has 0 saturated heterocycles. The van der Waals surface area contributed by atoms with Crippen molar-refractivity contribution >= 4 is 62.3 Å². The van der Waals surface area contributed by atoms with Gasteiger partial charge in [-0.3, -0.25) is 24.4 Å². The predicted octanol–water partition coefficient (Wildman–Crippen LogP) is 7.74. The number of aryl methyl sites for hydroxylation is 2. The van der Waals surface area contributed by atoms with Crippen LogP contribution in [0.15, 0.2) is 36.7 Å². The molecule has 3 aromatic rings. The fourth-order valence-electron chi connectivity index (χ4n) is 7.41. The molecule has 0 radical (unpaired) electrons. The second-order valence-corrected chi connectivity index (χ2v) is 16.2. The van der Waals surface area contributed by atoms with Crippen LogP contribution in [0.25, 0.3) is 44.4 Å². The van der Waals surface area contributed by atoms with Gasteiger partial charge in [-0.05, 0) is 74.7 Å². The van der Waals surface area contributed by atoms with Crippen molar-refractivity contribution in [3.05, 3.63) is 70.6 Å². The van der Waals surface area contributed by atoms with Crippen molar-refractivity contribution in [1.29, 1.82) is 0 Å². The van der Waals surface area contributed by atoms with Crippen LogP contribution >= 0.6 is 0 Å². The molecule has 404 valence electrons. The number of hydrogen-bond acceptors (Lipinski definition) is 16. The van der Waals surface area contributed by atoms with Gasteiger partial charge in [-0.1, -0.05) is 44.0 Å². The molecule has 0 unspecified atom stereocenters. The number of carbonyl (C=O) groups is 3. The molecular formula is C53H74GdN5O14-. The van der Waals surface area contributed by atoms with E-state index in [0.29, 0.717) is 113 Å². The van der Waals surface area contributed by atoms with Crippen LogP contribution in [0.1, 0.15) is 114 Å². The number of aliphatic hydroxyl groups excluding tert-OH is 1. The average Bonchev–Trinajstić information content (AvgIpc) is 3.95. The minimum Gasteiger partial charge on any atom is -0.657 e. The first-order valence-electron chi connectivity index (χ1n) is 24.3. The number of methoxy groups -OCH3 is 2. The second-order valence-electron chi connectivity index (χ2n) is 16.2. The largest absolute Gasteiger partial charge is 0.657 e. The predicted molar refractivity (Wildman–Crippen MR) is 274 cm³/mol. The number of aliphatic hydroxyl groups is 1. The molecule has 73 heavy (non-hydrogen) atoms. The molecule has 5 rings (SSSR count). The number of ether oxygens (including phenoxy) is 8. The van der Waals surface area contributed by atoms with Gasteiger partial charge >= 0.3 is 5.97 Å². The first-order chi connectivity index (χ1) is 34.7. The molecule has 20 heteroatoms. The number of aromatic nitrogens is 5. The Labute approximate surface area is 460 Å². The van der Waals surface area contributed by atoms with Gasteiger partial charge in [0.05, 0.1) is 106 Å². The molecule has 3 N–H and O–H groups in total. The summed E-state index contributed by atoms with van der Waals surface area (Å²) in [5, 5.41) is 24.7. The molecule has 4 heterocycles. The molecule has 0 spiro atoms. The average molecular weight is 1160 g/mol. The van der Waals surface area contributed by atoms with Crippen LogP contribution in [0.4, 0.5) is 0 Å². The van der Waals surface area contributed by atoms with Crippen LogP contribution in [-0.2, 0) is 55.6 Å². The molecule has 0 amide bonds. The van der Waals surface area contributed by atoms with Crippen molar-refractivity contribution in [2.75, 3.05) is 93.5 Å². The van der Waals surface area contributed by atoms with Crippen molar-refractivity contribution in [3.63, 3.8) is 0 Å². The number of fused-ring (bicyclic) bond motifs is 7. The topological polar surface area (TPSA) is 251 Å². The van der Waals surface area contributed by atoms with Crippen LogP contribution < -0.4 is 14.5 Å². The van der Waals surface area contributed by atoms with Crippen molar-refractivity contribution in [2.24, 2.45) is 0 Å². The Bertz CT molecular complexity index is 2470. The Hall–Kier alpha value is -4.77. The van der Waals surface area contributed by atoms with E-state index >= 15 is 0 Å². The first kappa shape index (κ1) is 64.3. The van der Waals surface area contributed by atoms with E-state index in [-0.39, 0.29) is 72.2 Å². The van der Waals surface area contributed by atoms with E-state index in [4.69, 9.17) is 82.6 Å². The molecule has 6 bridgehead atoms. The number of nitrogens with zero attached hydrogens (tertiary/aromatic N) is 5. The van der Waals surface area contributed by atoms with E-state index in [9.17, 15) is 9.90 Å². The van der Waals surface area contributed by atoms with Gasteiger partial charge in [0.2, 0.25) is 0 Å². The number of hydrogen-bond donors (Lipinski definition) is 3. The molecule has 2 aromatic heterocycles. The summed E-state index contributed by atoms with van der Waals surface area (Å²) in [6, 6.07) is 7.69. The molecule has 0 aliphatic carbocycles. The van der Waals surface area contributed by atoms with E-state index in [2.05, 4.69) is 26.8 Å². The van der Waals surface area contributed by atoms with Gasteiger partial charge in [0.15, 0.2) is 11.5 Å². The Morgan fingerprint density at radius 2 is 1.00 bits per heavy atom. The van der Waals surface area contributed by atoms with Crippen LogP contribution in [0.2, 0.25) is 0 Å². The fourth-order valence-corrected chi connectivity index (χ4v) is 7.41. The third-order valence-electron chi connectivity index (χ3n) is 10.8. The van der Waals surface area contributed by atoms with E-state index in [0.717, 1.165) is 89.0 Å². The molecule has 19 nitrogen and oxygen atoms in total. The molecule has 0 atom stereocenters. The maximum atomic E-state index is 12.4.